The van der Waals surface area contributed by atoms with Gasteiger partial charge in [0, 0.05) is 6.42 Å². The molecule has 0 aromatic rings. The van der Waals surface area contributed by atoms with E-state index in [0.717, 1.165) is 49.5 Å². The van der Waals surface area contributed by atoms with Gasteiger partial charge in [-0.1, -0.05) is 97.8 Å². The summed E-state index contributed by atoms with van der Waals surface area (Å²) in [4.78, 5) is 12.5. The smallest absolute Gasteiger partial charge is 0.224 e. The van der Waals surface area contributed by atoms with Crippen LogP contribution in [0.1, 0.15) is 124 Å². The van der Waals surface area contributed by atoms with E-state index in [9.17, 15) is 4.79 Å². The molecule has 184 valence electrons. The molecule has 0 radical (unpaired) electrons. The Morgan fingerprint density at radius 1 is 0.903 bits per heavy atom. The van der Waals surface area contributed by atoms with Gasteiger partial charge in [-0.2, -0.15) is 0 Å². The molecule has 1 N–H and O–H groups in total. The fourth-order valence-electron chi connectivity index (χ4n) is 5.05. The maximum absolute atomic E-state index is 12.5. The summed E-state index contributed by atoms with van der Waals surface area (Å²) < 4.78 is 6.67. The van der Waals surface area contributed by atoms with Gasteiger partial charge in [-0.3, -0.25) is 4.79 Å². The lowest BCUT2D eigenvalue weighted by Gasteiger charge is -2.46. The largest absolute Gasteiger partial charge is 0.367 e. The van der Waals surface area contributed by atoms with E-state index < -0.39 is 0 Å². The highest BCUT2D eigenvalue weighted by Gasteiger charge is 2.38. The number of rotatable bonds is 19. The molecule has 1 heterocycles. The Labute approximate surface area is 194 Å². The van der Waals surface area contributed by atoms with Crippen molar-refractivity contribution in [1.29, 1.82) is 0 Å². The average Bonchev–Trinajstić information content (AvgIpc) is 2.75. The molecule has 31 heavy (non-hydrogen) atoms. The van der Waals surface area contributed by atoms with Crippen molar-refractivity contribution in [2.75, 3.05) is 32.8 Å². The molecule has 0 aromatic heterocycles. The molecule has 1 saturated heterocycles. The van der Waals surface area contributed by atoms with Crippen molar-refractivity contribution in [3.63, 3.8) is 0 Å². The summed E-state index contributed by atoms with van der Waals surface area (Å²) in [5.74, 6) is 1.09. The molecule has 0 spiro atoms. The van der Waals surface area contributed by atoms with Crippen LogP contribution >= 0.6 is 0 Å². The highest BCUT2D eigenvalue weighted by atomic mass is 16.5. The van der Waals surface area contributed by atoms with Gasteiger partial charge < -0.3 is 14.5 Å². The Balaban J connectivity index is 1.97. The number of morpholine rings is 1. The molecule has 1 amide bonds. The lowest BCUT2D eigenvalue weighted by Crippen LogP contribution is -2.67. The van der Waals surface area contributed by atoms with Crippen LogP contribution in [0.2, 0.25) is 0 Å². The first kappa shape index (κ1) is 28.4. The molecule has 1 rings (SSSR count). The van der Waals surface area contributed by atoms with Crippen LogP contribution in [0.3, 0.4) is 0 Å². The Hall–Kier alpha value is -0.610. The van der Waals surface area contributed by atoms with Crippen LogP contribution in [0.5, 0.6) is 0 Å². The maximum Gasteiger partial charge on any atom is 0.224 e. The molecule has 4 nitrogen and oxygen atoms in total. The third kappa shape index (κ3) is 12.9. The molecule has 1 aliphatic heterocycles. The summed E-state index contributed by atoms with van der Waals surface area (Å²) in [6, 6.07) is 0. The minimum atomic E-state index is 0.140. The van der Waals surface area contributed by atoms with Crippen LogP contribution in [0.15, 0.2) is 0 Å². The van der Waals surface area contributed by atoms with E-state index in [1.165, 1.54) is 77.0 Å². The van der Waals surface area contributed by atoms with Crippen LogP contribution in [0, 0.1) is 5.92 Å². The summed E-state index contributed by atoms with van der Waals surface area (Å²) in [6.07, 6.45) is 19.5. The second-order valence-corrected chi connectivity index (χ2v) is 10.3. The van der Waals surface area contributed by atoms with Gasteiger partial charge in [0.25, 0.3) is 0 Å². The van der Waals surface area contributed by atoms with E-state index in [2.05, 4.69) is 33.0 Å². The number of hydrogen-bond acceptors (Lipinski definition) is 2. The number of nitrogens with zero attached hydrogens (tertiary/aromatic N) is 1. The number of quaternary nitrogens is 1. The molecule has 0 aliphatic carbocycles. The lowest BCUT2D eigenvalue weighted by molar-refractivity contribution is -0.959. The Kier molecular flexibility index (Phi) is 16.4. The number of hydrogen-bond donors (Lipinski definition) is 1. The van der Waals surface area contributed by atoms with Gasteiger partial charge in [0.05, 0.1) is 19.7 Å². The van der Waals surface area contributed by atoms with Gasteiger partial charge in [-0.15, -0.1) is 0 Å². The van der Waals surface area contributed by atoms with Crippen LogP contribution in [0.4, 0.5) is 0 Å². The fourth-order valence-corrected chi connectivity index (χ4v) is 5.05. The molecule has 0 aromatic carbocycles. The molecule has 2 atom stereocenters. The van der Waals surface area contributed by atoms with Crippen molar-refractivity contribution in [1.82, 2.24) is 5.32 Å². The van der Waals surface area contributed by atoms with E-state index >= 15 is 0 Å². The number of amides is 1. The van der Waals surface area contributed by atoms with Crippen LogP contribution in [-0.2, 0) is 9.53 Å². The molecule has 4 heteroatoms. The zero-order valence-electron chi connectivity index (χ0n) is 21.6. The van der Waals surface area contributed by atoms with Crippen LogP contribution < -0.4 is 5.32 Å². The molecular weight excluding hydrogens is 384 g/mol. The first-order chi connectivity index (χ1) is 15.0. The van der Waals surface area contributed by atoms with Crippen molar-refractivity contribution in [2.24, 2.45) is 5.92 Å². The summed E-state index contributed by atoms with van der Waals surface area (Å²) >= 11 is 0. The fraction of sp³-hybridized carbons (Fsp3) is 0.963. The average molecular weight is 440 g/mol. The third-order valence-electron chi connectivity index (χ3n) is 7.18. The molecule has 2 unspecified atom stereocenters. The third-order valence-corrected chi connectivity index (χ3v) is 7.18. The molecule has 1 fully saturated rings. The van der Waals surface area contributed by atoms with Gasteiger partial charge >= 0.3 is 0 Å². The minimum Gasteiger partial charge on any atom is -0.367 e. The molecule has 1 aliphatic rings. The topological polar surface area (TPSA) is 38.3 Å². The second-order valence-electron chi connectivity index (χ2n) is 10.3. The second kappa shape index (κ2) is 17.9. The lowest BCUT2D eigenvalue weighted by atomic mass is 10.0. The van der Waals surface area contributed by atoms with Crippen LogP contribution in [0.25, 0.3) is 0 Å². The first-order valence-corrected chi connectivity index (χ1v) is 13.8. The maximum atomic E-state index is 12.5. The quantitative estimate of drug-likeness (QED) is 0.177. The summed E-state index contributed by atoms with van der Waals surface area (Å²) in [6.45, 7) is 13.8. The van der Waals surface area contributed by atoms with Crippen molar-refractivity contribution in [3.8, 4) is 0 Å². The number of carbonyl (C=O) groups excluding carboxylic acids is 1. The normalized spacial score (nSPS) is 21.5. The van der Waals surface area contributed by atoms with Crippen molar-refractivity contribution in [3.05, 3.63) is 0 Å². The van der Waals surface area contributed by atoms with Gasteiger partial charge in [0.1, 0.15) is 13.2 Å². The predicted octanol–water partition coefficient (Wildman–Crippen LogP) is 6.82. The van der Waals surface area contributed by atoms with Crippen molar-refractivity contribution >= 4 is 5.91 Å². The summed E-state index contributed by atoms with van der Waals surface area (Å²) in [7, 11) is 0. The Morgan fingerprint density at radius 3 is 1.97 bits per heavy atom. The monoisotopic (exact) mass is 439 g/mol. The SMILES string of the molecule is CCC[N+]1(CC)CCOCC1NC(=O)CCCCCCCCCCCCCCC(C)C. The number of ether oxygens (including phenoxy) is 1. The van der Waals surface area contributed by atoms with Crippen molar-refractivity contribution in [2.45, 2.75) is 130 Å². The van der Waals surface area contributed by atoms with Gasteiger partial charge in [0.15, 0.2) is 6.17 Å². The standard InChI is InChI=1S/C27H54N2O2/c1-5-21-29(6-2)22-23-31-24-26(29)28-27(30)20-18-16-14-12-10-8-7-9-11-13-15-17-19-25(3)4/h25-26H,5-24H2,1-4H3/p+1. The van der Waals surface area contributed by atoms with Gasteiger partial charge in [0.2, 0.25) is 5.91 Å². The Morgan fingerprint density at radius 2 is 1.45 bits per heavy atom. The molecule has 0 bridgehead atoms. The minimum absolute atomic E-state index is 0.140. The number of unbranched alkanes of at least 4 members (excludes halogenated alkanes) is 11. The van der Waals surface area contributed by atoms with E-state index in [1.54, 1.807) is 0 Å². The van der Waals surface area contributed by atoms with Gasteiger partial charge in [-0.25, -0.2) is 0 Å². The number of likely N-dealkylation sites (N-methyl/N-ethyl adjacent to an activating group) is 1. The summed E-state index contributed by atoms with van der Waals surface area (Å²) in [5.41, 5.74) is 0. The Bertz CT molecular complexity index is 437. The van der Waals surface area contributed by atoms with E-state index in [0.29, 0.717) is 13.0 Å². The highest BCUT2D eigenvalue weighted by Crippen LogP contribution is 2.19. The molecule has 0 saturated carbocycles. The number of carbonyl (C=O) groups is 1. The predicted molar refractivity (Wildman–Crippen MR) is 133 cm³/mol. The number of nitrogens with one attached hydrogen (secondary N) is 1. The van der Waals surface area contributed by atoms with E-state index in [4.69, 9.17) is 4.74 Å². The zero-order chi connectivity index (χ0) is 22.8. The van der Waals surface area contributed by atoms with Gasteiger partial charge in [-0.05, 0) is 25.7 Å². The molecular formula is C27H55N2O2+. The van der Waals surface area contributed by atoms with Crippen molar-refractivity contribution < 1.29 is 14.0 Å². The van der Waals surface area contributed by atoms with E-state index in [1.807, 2.05) is 0 Å². The zero-order valence-corrected chi connectivity index (χ0v) is 21.6. The summed E-state index contributed by atoms with van der Waals surface area (Å²) in [5, 5.41) is 3.30. The van der Waals surface area contributed by atoms with E-state index in [-0.39, 0.29) is 12.1 Å². The first-order valence-electron chi connectivity index (χ1n) is 13.8. The highest BCUT2D eigenvalue weighted by molar-refractivity contribution is 5.76. The van der Waals surface area contributed by atoms with Crippen LogP contribution in [-0.4, -0.2) is 49.4 Å².